The van der Waals surface area contributed by atoms with E-state index >= 15 is 0 Å². The fourth-order valence-corrected chi connectivity index (χ4v) is 5.65. The number of hydrogen-bond acceptors (Lipinski definition) is 10. The van der Waals surface area contributed by atoms with Crippen LogP contribution in [0.4, 0.5) is 0 Å². The van der Waals surface area contributed by atoms with E-state index in [2.05, 4.69) is 26.1 Å². The van der Waals surface area contributed by atoms with Gasteiger partial charge in [0.1, 0.15) is 5.75 Å². The van der Waals surface area contributed by atoms with Crippen LogP contribution in [0.5, 0.6) is 5.75 Å². The fourth-order valence-electron chi connectivity index (χ4n) is 5.40. The molecular formula is C40H47ClN2O8. The Morgan fingerprint density at radius 3 is 1.94 bits per heavy atom. The third-order valence-corrected chi connectivity index (χ3v) is 8.42. The molecule has 4 rings (SSSR count). The first-order chi connectivity index (χ1) is 24.3. The molecule has 1 aliphatic heterocycles. The summed E-state index contributed by atoms with van der Waals surface area (Å²) in [6.45, 7) is 10.8. The molecule has 0 aliphatic carbocycles. The Bertz CT molecular complexity index is 1760. The van der Waals surface area contributed by atoms with Gasteiger partial charge in [0.25, 0.3) is 0 Å². The number of ether oxygens (including phenoxy) is 4. The number of methoxy groups -OCH3 is 2. The number of esters is 2. The Balaban J connectivity index is 0.000000281. The number of hydrogen-bond donors (Lipinski definition) is 2. The van der Waals surface area contributed by atoms with Gasteiger partial charge in [0.05, 0.1) is 63.2 Å². The highest BCUT2D eigenvalue weighted by molar-refractivity contribution is 6.31. The first kappa shape index (κ1) is 40.7. The summed E-state index contributed by atoms with van der Waals surface area (Å²) in [7, 11) is 2.86. The third-order valence-electron chi connectivity index (χ3n) is 8.08. The van der Waals surface area contributed by atoms with Gasteiger partial charge in [0, 0.05) is 28.4 Å². The average molecular weight is 719 g/mol. The summed E-state index contributed by atoms with van der Waals surface area (Å²) in [6, 6.07) is 21.3. The van der Waals surface area contributed by atoms with Crippen molar-refractivity contribution in [2.24, 2.45) is 5.73 Å². The number of Topliss-reactive ketones (excluding diaryl/α,β-unsaturated/α-hetero) is 2. The lowest BCUT2D eigenvalue weighted by Gasteiger charge is -2.31. The summed E-state index contributed by atoms with van der Waals surface area (Å²) in [5.41, 5.74) is 9.99. The second-order valence-electron chi connectivity index (χ2n) is 12.6. The van der Waals surface area contributed by atoms with Crippen LogP contribution in [-0.2, 0) is 29.2 Å². The Kier molecular flexibility index (Phi) is 15.2. The van der Waals surface area contributed by atoms with Crippen LogP contribution in [-0.4, -0.2) is 64.1 Å². The molecule has 1 atom stereocenters. The van der Waals surface area contributed by atoms with Gasteiger partial charge in [-0.2, -0.15) is 0 Å². The molecule has 0 bridgehead atoms. The molecule has 272 valence electrons. The zero-order valence-corrected chi connectivity index (χ0v) is 31.0. The van der Waals surface area contributed by atoms with Gasteiger partial charge in [-0.25, -0.2) is 9.59 Å². The van der Waals surface area contributed by atoms with E-state index in [0.29, 0.717) is 57.6 Å². The van der Waals surface area contributed by atoms with Crippen LogP contribution < -0.4 is 15.8 Å². The van der Waals surface area contributed by atoms with Crippen LogP contribution in [0.15, 0.2) is 95.3 Å². The molecule has 0 aromatic heterocycles. The number of ketones is 2. The average Bonchev–Trinajstić information content (AvgIpc) is 3.11. The number of nitrogens with one attached hydrogen (secondary N) is 1. The molecule has 0 saturated heterocycles. The van der Waals surface area contributed by atoms with Crippen LogP contribution >= 0.6 is 11.6 Å². The minimum atomic E-state index is -0.752. The van der Waals surface area contributed by atoms with Gasteiger partial charge in [-0.15, -0.1) is 0 Å². The second kappa shape index (κ2) is 19.0. The van der Waals surface area contributed by atoms with E-state index in [4.69, 9.17) is 36.3 Å². The van der Waals surface area contributed by atoms with Crippen molar-refractivity contribution in [3.05, 3.63) is 123 Å². The highest BCUT2D eigenvalue weighted by Gasteiger charge is 2.39. The largest absolute Gasteiger partial charge is 0.497 e. The van der Waals surface area contributed by atoms with Crippen LogP contribution in [0.1, 0.15) is 78.8 Å². The van der Waals surface area contributed by atoms with Gasteiger partial charge in [-0.1, -0.05) is 74.8 Å². The summed E-state index contributed by atoms with van der Waals surface area (Å²) in [4.78, 5) is 49.9. The van der Waals surface area contributed by atoms with Crippen molar-refractivity contribution in [1.82, 2.24) is 5.32 Å². The number of benzene rings is 3. The predicted molar refractivity (Wildman–Crippen MR) is 197 cm³/mol. The lowest BCUT2D eigenvalue weighted by atomic mass is 9.80. The van der Waals surface area contributed by atoms with E-state index in [1.807, 2.05) is 12.1 Å². The quantitative estimate of drug-likeness (QED) is 0.0847. The number of carbonyl (C=O) groups is 4. The van der Waals surface area contributed by atoms with E-state index in [1.165, 1.54) is 7.11 Å². The van der Waals surface area contributed by atoms with Crippen molar-refractivity contribution in [2.75, 3.05) is 40.6 Å². The molecule has 0 fully saturated rings. The van der Waals surface area contributed by atoms with Crippen molar-refractivity contribution < 1.29 is 38.1 Å². The Hall–Kier alpha value is -4.77. The topological polar surface area (TPSA) is 143 Å². The first-order valence-corrected chi connectivity index (χ1v) is 16.9. The van der Waals surface area contributed by atoms with E-state index in [-0.39, 0.29) is 42.2 Å². The maximum absolute atomic E-state index is 12.9. The van der Waals surface area contributed by atoms with E-state index in [9.17, 15) is 19.2 Å². The number of carbonyl (C=O) groups excluding carboxylic acids is 4. The zero-order chi connectivity index (χ0) is 37.7. The Morgan fingerprint density at radius 2 is 1.43 bits per heavy atom. The van der Waals surface area contributed by atoms with Crippen LogP contribution in [0.3, 0.4) is 0 Å². The summed E-state index contributed by atoms with van der Waals surface area (Å²) in [5, 5.41) is 3.52. The van der Waals surface area contributed by atoms with Gasteiger partial charge in [-0.3, -0.25) is 9.59 Å². The molecule has 0 saturated carbocycles. The molecule has 1 aliphatic rings. The smallest absolute Gasteiger partial charge is 0.336 e. The summed E-state index contributed by atoms with van der Waals surface area (Å²) < 4.78 is 20.8. The Labute approximate surface area is 304 Å². The SMILES string of the molecule is CCOC(=O)C1=C(COCCN)NC(C)=C(C(=O)OC)C1c1ccccc1Cl.COc1ccc(C(=O)CC(=O)c2ccc(C(C)(C)C)cc2)cc1. The molecule has 3 aromatic carbocycles. The van der Waals surface area contributed by atoms with Crippen molar-refractivity contribution in [3.8, 4) is 5.75 Å². The molecule has 0 radical (unpaired) electrons. The van der Waals surface area contributed by atoms with Crippen LogP contribution in [0.25, 0.3) is 0 Å². The van der Waals surface area contributed by atoms with Crippen molar-refractivity contribution in [2.45, 2.75) is 52.4 Å². The van der Waals surface area contributed by atoms with E-state index in [0.717, 1.165) is 5.56 Å². The van der Waals surface area contributed by atoms with E-state index in [1.54, 1.807) is 81.6 Å². The molecule has 0 spiro atoms. The van der Waals surface area contributed by atoms with Crippen LogP contribution in [0, 0.1) is 0 Å². The monoisotopic (exact) mass is 718 g/mol. The molecule has 3 aromatic rings. The number of halogens is 1. The van der Waals surface area contributed by atoms with E-state index < -0.39 is 17.9 Å². The van der Waals surface area contributed by atoms with Gasteiger partial charge in [0.15, 0.2) is 11.6 Å². The molecule has 10 nitrogen and oxygen atoms in total. The summed E-state index contributed by atoms with van der Waals surface area (Å²) >= 11 is 6.42. The molecule has 11 heteroatoms. The highest BCUT2D eigenvalue weighted by atomic mass is 35.5. The third kappa shape index (κ3) is 10.9. The normalized spacial score (nSPS) is 14.2. The van der Waals surface area contributed by atoms with Gasteiger partial charge >= 0.3 is 11.9 Å². The van der Waals surface area contributed by atoms with Crippen molar-refractivity contribution in [3.63, 3.8) is 0 Å². The molecule has 51 heavy (non-hydrogen) atoms. The standard InChI is InChI=1S/C20H25ClN2O5.C20H22O3/c1-4-28-20(25)18-15(11-27-10-9-22)23-12(2)16(19(24)26-3)17(18)13-7-5-6-8-14(13)21;1-20(2,3)16-9-5-14(6-10-16)18(21)13-19(22)15-7-11-17(23-4)12-8-15/h5-8,17,23H,4,9-11,22H2,1-3H3;5-12H,13H2,1-4H3. The molecule has 3 N–H and O–H groups in total. The zero-order valence-electron chi connectivity index (χ0n) is 30.3. The molecule has 1 unspecified atom stereocenters. The van der Waals surface area contributed by atoms with Crippen molar-refractivity contribution in [1.29, 1.82) is 0 Å². The van der Waals surface area contributed by atoms with Gasteiger partial charge < -0.3 is 30.0 Å². The molecule has 1 heterocycles. The molecular weight excluding hydrogens is 672 g/mol. The maximum Gasteiger partial charge on any atom is 0.336 e. The predicted octanol–water partition coefficient (Wildman–Crippen LogP) is 6.71. The highest BCUT2D eigenvalue weighted by Crippen LogP contribution is 2.42. The lowest BCUT2D eigenvalue weighted by molar-refractivity contribution is -0.139. The maximum atomic E-state index is 12.9. The van der Waals surface area contributed by atoms with Crippen LogP contribution in [0.2, 0.25) is 5.02 Å². The minimum absolute atomic E-state index is 0.0422. The number of allylic oxidation sites excluding steroid dienone is 1. The first-order valence-electron chi connectivity index (χ1n) is 16.6. The number of rotatable bonds is 13. The fraction of sp³-hybridized carbons (Fsp3) is 0.350. The van der Waals surface area contributed by atoms with Gasteiger partial charge in [-0.05, 0) is 60.7 Å². The number of nitrogens with two attached hydrogens (primary N) is 1. The lowest BCUT2D eigenvalue weighted by Crippen LogP contribution is -2.35. The molecule has 0 amide bonds. The Morgan fingerprint density at radius 1 is 0.843 bits per heavy atom. The second-order valence-corrected chi connectivity index (χ2v) is 13.0. The number of dihydropyridines is 1. The van der Waals surface area contributed by atoms with Gasteiger partial charge in [0.2, 0.25) is 0 Å². The van der Waals surface area contributed by atoms with Crippen molar-refractivity contribution >= 4 is 35.1 Å². The summed E-state index contributed by atoms with van der Waals surface area (Å²) in [5.74, 6) is -1.52. The minimum Gasteiger partial charge on any atom is -0.497 e. The summed E-state index contributed by atoms with van der Waals surface area (Å²) in [6.07, 6.45) is -0.124.